The van der Waals surface area contributed by atoms with Gasteiger partial charge in [-0.2, -0.15) is 0 Å². The van der Waals surface area contributed by atoms with Gasteiger partial charge in [0.05, 0.1) is 0 Å². The molecule has 3 heterocycles. The van der Waals surface area contributed by atoms with Gasteiger partial charge in [-0.3, -0.25) is 4.90 Å². The van der Waals surface area contributed by atoms with E-state index in [-0.39, 0.29) is 0 Å². The lowest BCUT2D eigenvalue weighted by Crippen LogP contribution is -2.40. The van der Waals surface area contributed by atoms with E-state index in [0.717, 1.165) is 17.5 Å². The molecule has 4 heteroatoms. The lowest BCUT2D eigenvalue weighted by molar-refractivity contribution is 0.174. The van der Waals surface area contributed by atoms with Gasteiger partial charge in [-0.1, -0.05) is 6.07 Å². The number of hydrogen-bond donors (Lipinski definition) is 1. The van der Waals surface area contributed by atoms with Crippen molar-refractivity contribution < 1.29 is 9.47 Å². The average Bonchev–Trinajstić information content (AvgIpc) is 3.14. The lowest BCUT2D eigenvalue weighted by Gasteiger charge is -2.25. The van der Waals surface area contributed by atoms with Crippen LogP contribution in [0.3, 0.4) is 0 Å². The van der Waals surface area contributed by atoms with Crippen LogP contribution in [-0.4, -0.2) is 36.9 Å². The van der Waals surface area contributed by atoms with Crippen molar-refractivity contribution >= 4 is 0 Å². The summed E-state index contributed by atoms with van der Waals surface area (Å²) in [4.78, 5) is 2.64. The molecule has 4 nitrogen and oxygen atoms in total. The maximum Gasteiger partial charge on any atom is 0.231 e. The Hall–Kier alpha value is -1.26. The van der Waals surface area contributed by atoms with Crippen molar-refractivity contribution in [2.45, 2.75) is 44.3 Å². The molecular weight excluding hydrogens is 252 g/mol. The number of ether oxygens (including phenoxy) is 2. The second-order valence-corrected chi connectivity index (χ2v) is 6.14. The Bertz CT molecular complexity index is 505. The van der Waals surface area contributed by atoms with Crippen molar-refractivity contribution in [3.05, 3.63) is 23.8 Å². The third kappa shape index (κ3) is 2.07. The van der Waals surface area contributed by atoms with Crippen molar-refractivity contribution in [2.24, 2.45) is 0 Å². The average molecular weight is 274 g/mol. The third-order valence-electron chi connectivity index (χ3n) is 4.97. The fraction of sp³-hybridized carbons (Fsp3) is 0.625. The third-order valence-corrected chi connectivity index (χ3v) is 4.97. The topological polar surface area (TPSA) is 33.7 Å². The Morgan fingerprint density at radius 3 is 3.05 bits per heavy atom. The first-order chi connectivity index (χ1) is 9.81. The molecule has 2 saturated heterocycles. The van der Waals surface area contributed by atoms with Crippen LogP contribution in [-0.2, 0) is 0 Å². The van der Waals surface area contributed by atoms with E-state index in [1.165, 1.54) is 37.9 Å². The molecule has 3 aliphatic rings. The molecule has 0 spiro atoms. The highest BCUT2D eigenvalue weighted by molar-refractivity contribution is 5.45. The fourth-order valence-electron chi connectivity index (χ4n) is 3.88. The van der Waals surface area contributed by atoms with Gasteiger partial charge in [0.15, 0.2) is 11.5 Å². The molecule has 0 saturated carbocycles. The molecule has 4 rings (SSSR count). The molecule has 3 unspecified atom stereocenters. The zero-order valence-corrected chi connectivity index (χ0v) is 12.0. The van der Waals surface area contributed by atoms with Gasteiger partial charge in [0.25, 0.3) is 0 Å². The molecule has 0 radical (unpaired) electrons. The molecular formula is C16H22N2O2. The Morgan fingerprint density at radius 2 is 2.10 bits per heavy atom. The summed E-state index contributed by atoms with van der Waals surface area (Å²) in [6, 6.07) is 8.03. The van der Waals surface area contributed by atoms with E-state index in [4.69, 9.17) is 9.47 Å². The van der Waals surface area contributed by atoms with Gasteiger partial charge >= 0.3 is 0 Å². The Labute approximate surface area is 120 Å². The van der Waals surface area contributed by atoms with E-state index in [2.05, 4.69) is 29.3 Å². The maximum atomic E-state index is 5.47. The van der Waals surface area contributed by atoms with Crippen molar-refractivity contribution in [3.63, 3.8) is 0 Å². The summed E-state index contributed by atoms with van der Waals surface area (Å²) in [5.41, 5.74) is 1.28. The summed E-state index contributed by atoms with van der Waals surface area (Å²) in [6.45, 7) is 5.15. The van der Waals surface area contributed by atoms with E-state index in [1.54, 1.807) is 0 Å². The van der Waals surface area contributed by atoms with Crippen LogP contribution in [0.1, 0.15) is 37.8 Å². The molecule has 1 aromatic carbocycles. The summed E-state index contributed by atoms with van der Waals surface area (Å²) in [5.74, 6) is 1.74. The molecule has 0 bridgehead atoms. The molecule has 3 aliphatic heterocycles. The van der Waals surface area contributed by atoms with Crippen molar-refractivity contribution in [1.29, 1.82) is 0 Å². The zero-order valence-electron chi connectivity index (χ0n) is 12.0. The van der Waals surface area contributed by atoms with E-state index in [1.807, 2.05) is 6.07 Å². The molecule has 0 aliphatic carbocycles. The van der Waals surface area contributed by atoms with Gasteiger partial charge in [-0.05, 0) is 50.4 Å². The van der Waals surface area contributed by atoms with Gasteiger partial charge in [0, 0.05) is 24.7 Å². The van der Waals surface area contributed by atoms with E-state index in [9.17, 15) is 0 Å². The van der Waals surface area contributed by atoms with Crippen LogP contribution in [0.2, 0.25) is 0 Å². The summed E-state index contributed by atoms with van der Waals surface area (Å²) < 4.78 is 10.8. The van der Waals surface area contributed by atoms with Crippen LogP contribution < -0.4 is 14.8 Å². The molecule has 1 aromatic rings. The van der Waals surface area contributed by atoms with Crippen LogP contribution in [0.15, 0.2) is 18.2 Å². The Balaban J connectivity index is 1.46. The highest BCUT2D eigenvalue weighted by Crippen LogP contribution is 2.35. The fourth-order valence-corrected chi connectivity index (χ4v) is 3.88. The minimum Gasteiger partial charge on any atom is -0.454 e. The molecule has 108 valence electrons. The smallest absolute Gasteiger partial charge is 0.231 e. The lowest BCUT2D eigenvalue weighted by atomic mass is 10.0. The summed E-state index contributed by atoms with van der Waals surface area (Å²) in [6.07, 6.45) is 3.99. The number of benzene rings is 1. The van der Waals surface area contributed by atoms with Gasteiger partial charge in [0.2, 0.25) is 6.79 Å². The molecule has 0 aromatic heterocycles. The van der Waals surface area contributed by atoms with Gasteiger partial charge in [-0.15, -0.1) is 0 Å². The predicted octanol–water partition coefficient (Wildman–Crippen LogP) is 2.30. The predicted molar refractivity (Wildman–Crippen MR) is 77.1 cm³/mol. The summed E-state index contributed by atoms with van der Waals surface area (Å²) >= 11 is 0. The van der Waals surface area contributed by atoms with Crippen LogP contribution >= 0.6 is 0 Å². The number of hydrogen-bond acceptors (Lipinski definition) is 4. The van der Waals surface area contributed by atoms with Gasteiger partial charge < -0.3 is 14.8 Å². The SMILES string of the molecule is CC(NC1CCN2CCCC12)c1ccc2c(c1)OCO2. The largest absolute Gasteiger partial charge is 0.454 e. The number of fused-ring (bicyclic) bond motifs is 2. The second kappa shape index (κ2) is 4.93. The zero-order chi connectivity index (χ0) is 13.5. The van der Waals surface area contributed by atoms with E-state index >= 15 is 0 Å². The highest BCUT2D eigenvalue weighted by Gasteiger charge is 2.37. The second-order valence-electron chi connectivity index (χ2n) is 6.14. The van der Waals surface area contributed by atoms with Crippen LogP contribution in [0.5, 0.6) is 11.5 Å². The quantitative estimate of drug-likeness (QED) is 0.917. The molecule has 20 heavy (non-hydrogen) atoms. The first kappa shape index (κ1) is 12.5. The Morgan fingerprint density at radius 1 is 1.20 bits per heavy atom. The summed E-state index contributed by atoms with van der Waals surface area (Å²) in [5, 5.41) is 3.82. The molecule has 2 fully saturated rings. The van der Waals surface area contributed by atoms with Crippen LogP contribution in [0.4, 0.5) is 0 Å². The van der Waals surface area contributed by atoms with E-state index < -0.39 is 0 Å². The first-order valence-electron chi connectivity index (χ1n) is 7.71. The maximum absolute atomic E-state index is 5.47. The number of nitrogens with one attached hydrogen (secondary N) is 1. The minimum absolute atomic E-state index is 0.347. The van der Waals surface area contributed by atoms with E-state index in [0.29, 0.717) is 18.9 Å². The molecule has 1 N–H and O–H groups in total. The monoisotopic (exact) mass is 274 g/mol. The number of nitrogens with zero attached hydrogens (tertiary/aromatic N) is 1. The highest BCUT2D eigenvalue weighted by atomic mass is 16.7. The Kier molecular flexibility index (Phi) is 3.08. The van der Waals surface area contributed by atoms with Crippen molar-refractivity contribution in [2.75, 3.05) is 19.9 Å². The molecule has 3 atom stereocenters. The summed E-state index contributed by atoms with van der Waals surface area (Å²) in [7, 11) is 0. The van der Waals surface area contributed by atoms with Crippen LogP contribution in [0, 0.1) is 0 Å². The number of rotatable bonds is 3. The first-order valence-corrected chi connectivity index (χ1v) is 7.71. The standard InChI is InChI=1S/C16H22N2O2/c1-11(12-4-5-15-16(9-12)20-10-19-15)17-13-6-8-18-7-2-3-14(13)18/h4-5,9,11,13-14,17H,2-3,6-8,10H2,1H3. The minimum atomic E-state index is 0.347. The normalized spacial score (nSPS) is 29.6. The van der Waals surface area contributed by atoms with Crippen LogP contribution in [0.25, 0.3) is 0 Å². The van der Waals surface area contributed by atoms with Crippen molar-refractivity contribution in [1.82, 2.24) is 10.2 Å². The van der Waals surface area contributed by atoms with Crippen molar-refractivity contribution in [3.8, 4) is 11.5 Å². The molecule has 0 amide bonds. The van der Waals surface area contributed by atoms with Gasteiger partial charge in [0.1, 0.15) is 0 Å². The van der Waals surface area contributed by atoms with Gasteiger partial charge in [-0.25, -0.2) is 0 Å².